The number of aryl methyl sites for hydroxylation is 2. The Balaban J connectivity index is 1.82. The van der Waals surface area contributed by atoms with E-state index in [4.69, 9.17) is 11.6 Å². The summed E-state index contributed by atoms with van der Waals surface area (Å²) in [6, 6.07) is 8.12. The Kier molecular flexibility index (Phi) is 5.85. The molecule has 1 aromatic carbocycles. The average Bonchev–Trinajstić information content (AvgIpc) is 2.80. The first kappa shape index (κ1) is 19.4. The number of likely N-dealkylation sites (N-methyl/N-ethyl adjacent to an activating group) is 1. The van der Waals surface area contributed by atoms with Gasteiger partial charge in [-0.05, 0) is 32.8 Å². The van der Waals surface area contributed by atoms with Gasteiger partial charge in [-0.15, -0.1) is 0 Å². The zero-order valence-corrected chi connectivity index (χ0v) is 16.8. The maximum Gasteiger partial charge on any atom is 0.259 e. The largest absolute Gasteiger partial charge is 0.341 e. The van der Waals surface area contributed by atoms with Crippen LogP contribution in [0.3, 0.4) is 0 Å². The lowest BCUT2D eigenvalue weighted by Crippen LogP contribution is -2.39. The third-order valence-electron chi connectivity index (χ3n) is 4.94. The molecule has 0 N–H and O–H groups in total. The average molecular weight is 389 g/mol. The van der Waals surface area contributed by atoms with Crippen LogP contribution in [0, 0.1) is 13.8 Å². The van der Waals surface area contributed by atoms with Crippen LogP contribution in [0.4, 0.5) is 0 Å². The number of carbonyl (C=O) groups excluding carboxylic acids is 2. The predicted octanol–water partition coefficient (Wildman–Crippen LogP) is 2.90. The maximum atomic E-state index is 13.1. The molecule has 0 aliphatic carbocycles. The van der Waals surface area contributed by atoms with Crippen molar-refractivity contribution in [1.29, 1.82) is 0 Å². The summed E-state index contributed by atoms with van der Waals surface area (Å²) >= 11 is 6.52. The molecule has 0 bridgehead atoms. The Morgan fingerprint density at radius 1 is 1.19 bits per heavy atom. The fraction of sp³-hybridized carbons (Fsp3) is 0.450. The van der Waals surface area contributed by atoms with Crippen molar-refractivity contribution in [1.82, 2.24) is 19.6 Å². The molecule has 1 aliphatic rings. The van der Waals surface area contributed by atoms with Crippen molar-refractivity contribution in [3.05, 3.63) is 51.8 Å². The van der Waals surface area contributed by atoms with E-state index in [1.807, 2.05) is 38.1 Å². The predicted molar refractivity (Wildman–Crippen MR) is 105 cm³/mol. The van der Waals surface area contributed by atoms with Gasteiger partial charge >= 0.3 is 0 Å². The minimum Gasteiger partial charge on any atom is -0.341 e. The summed E-state index contributed by atoms with van der Waals surface area (Å²) in [6.07, 6.45) is 0.763. The van der Waals surface area contributed by atoms with Gasteiger partial charge in [0.1, 0.15) is 11.7 Å². The van der Waals surface area contributed by atoms with Gasteiger partial charge in [0, 0.05) is 19.6 Å². The lowest BCUT2D eigenvalue weighted by molar-refractivity contribution is -0.130. The Morgan fingerprint density at radius 2 is 1.89 bits per heavy atom. The van der Waals surface area contributed by atoms with Crippen molar-refractivity contribution >= 4 is 23.4 Å². The standard InChI is InChI=1S/C20H25ClN4O2/c1-4-23-10-5-11-24(13-17(23)26)20(27)18-15(3)22-25(19(18)21)12-16-8-6-14(2)7-9-16/h6-9H,4-5,10-13H2,1-3H3. The summed E-state index contributed by atoms with van der Waals surface area (Å²) in [7, 11) is 0. The Hall–Kier alpha value is -2.34. The zero-order valence-electron chi connectivity index (χ0n) is 16.0. The van der Waals surface area contributed by atoms with Crippen molar-refractivity contribution in [2.75, 3.05) is 26.2 Å². The van der Waals surface area contributed by atoms with Gasteiger partial charge in [-0.1, -0.05) is 41.4 Å². The summed E-state index contributed by atoms with van der Waals surface area (Å²) in [5.74, 6) is -0.247. The second kappa shape index (κ2) is 8.13. The lowest BCUT2D eigenvalue weighted by atomic mass is 10.1. The van der Waals surface area contributed by atoms with Gasteiger partial charge in [-0.25, -0.2) is 4.68 Å². The second-order valence-corrected chi connectivity index (χ2v) is 7.31. The molecule has 0 atom stereocenters. The van der Waals surface area contributed by atoms with Crippen molar-refractivity contribution in [3.8, 4) is 0 Å². The summed E-state index contributed by atoms with van der Waals surface area (Å²) in [5, 5.41) is 4.78. The smallest absolute Gasteiger partial charge is 0.259 e. The van der Waals surface area contributed by atoms with E-state index in [9.17, 15) is 9.59 Å². The van der Waals surface area contributed by atoms with E-state index in [0.29, 0.717) is 42.6 Å². The van der Waals surface area contributed by atoms with Crippen LogP contribution in [0.25, 0.3) is 0 Å². The SMILES string of the molecule is CCN1CCCN(C(=O)c2c(C)nn(Cc3ccc(C)cc3)c2Cl)CC1=O. The monoisotopic (exact) mass is 388 g/mol. The highest BCUT2D eigenvalue weighted by molar-refractivity contribution is 6.33. The van der Waals surface area contributed by atoms with E-state index in [2.05, 4.69) is 5.10 Å². The third kappa shape index (κ3) is 4.16. The summed E-state index contributed by atoms with van der Waals surface area (Å²) < 4.78 is 1.65. The highest BCUT2D eigenvalue weighted by Crippen LogP contribution is 2.23. The molecule has 0 unspecified atom stereocenters. The molecular formula is C20H25ClN4O2. The Bertz CT molecular complexity index is 844. The summed E-state index contributed by atoms with van der Waals surface area (Å²) in [4.78, 5) is 28.7. The minimum atomic E-state index is -0.223. The van der Waals surface area contributed by atoms with Crippen molar-refractivity contribution < 1.29 is 9.59 Å². The van der Waals surface area contributed by atoms with Gasteiger partial charge < -0.3 is 9.80 Å². The molecule has 3 rings (SSSR count). The molecule has 1 fully saturated rings. The number of amides is 2. The second-order valence-electron chi connectivity index (χ2n) is 6.95. The van der Waals surface area contributed by atoms with Crippen molar-refractivity contribution in [3.63, 3.8) is 0 Å². The quantitative estimate of drug-likeness (QED) is 0.809. The van der Waals surface area contributed by atoms with E-state index in [0.717, 1.165) is 12.0 Å². The normalized spacial score (nSPS) is 15.2. The number of aromatic nitrogens is 2. The fourth-order valence-electron chi connectivity index (χ4n) is 3.35. The van der Waals surface area contributed by atoms with Crippen molar-refractivity contribution in [2.45, 2.75) is 33.7 Å². The molecule has 144 valence electrons. The fourth-order valence-corrected chi connectivity index (χ4v) is 3.67. The Labute approximate surface area is 164 Å². The van der Waals surface area contributed by atoms with Crippen LogP contribution in [0.15, 0.2) is 24.3 Å². The maximum absolute atomic E-state index is 13.1. The number of hydrogen-bond donors (Lipinski definition) is 0. The molecule has 2 heterocycles. The highest BCUT2D eigenvalue weighted by Gasteiger charge is 2.29. The topological polar surface area (TPSA) is 58.4 Å². The number of carbonyl (C=O) groups is 2. The first-order chi connectivity index (χ1) is 12.9. The van der Waals surface area contributed by atoms with Crippen LogP contribution >= 0.6 is 11.6 Å². The van der Waals surface area contributed by atoms with Crippen LogP contribution in [-0.4, -0.2) is 57.6 Å². The van der Waals surface area contributed by atoms with E-state index >= 15 is 0 Å². The molecule has 6 nitrogen and oxygen atoms in total. The van der Waals surface area contributed by atoms with E-state index < -0.39 is 0 Å². The van der Waals surface area contributed by atoms with Gasteiger partial charge in [0.25, 0.3) is 5.91 Å². The zero-order chi connectivity index (χ0) is 19.6. The first-order valence-corrected chi connectivity index (χ1v) is 9.64. The first-order valence-electron chi connectivity index (χ1n) is 9.26. The van der Waals surface area contributed by atoms with Crippen LogP contribution in [0.2, 0.25) is 5.15 Å². The molecule has 1 aromatic heterocycles. The van der Waals surface area contributed by atoms with E-state index in [1.54, 1.807) is 21.4 Å². The van der Waals surface area contributed by atoms with Gasteiger partial charge in [-0.2, -0.15) is 5.10 Å². The van der Waals surface area contributed by atoms with Crippen LogP contribution in [0.5, 0.6) is 0 Å². The number of rotatable bonds is 4. The van der Waals surface area contributed by atoms with Crippen LogP contribution in [0.1, 0.15) is 40.5 Å². The summed E-state index contributed by atoms with van der Waals surface area (Å²) in [6.45, 7) is 8.23. The number of nitrogens with zero attached hydrogens (tertiary/aromatic N) is 4. The third-order valence-corrected chi connectivity index (χ3v) is 5.32. The number of halogens is 1. The van der Waals surface area contributed by atoms with E-state index in [-0.39, 0.29) is 18.4 Å². The van der Waals surface area contributed by atoms with Gasteiger partial charge in [0.15, 0.2) is 0 Å². The molecule has 2 aromatic rings. The molecule has 2 amide bonds. The van der Waals surface area contributed by atoms with Crippen LogP contribution in [-0.2, 0) is 11.3 Å². The molecule has 1 aliphatic heterocycles. The molecule has 0 saturated carbocycles. The van der Waals surface area contributed by atoms with Gasteiger partial charge in [0.2, 0.25) is 5.91 Å². The molecule has 0 radical (unpaired) electrons. The molecule has 7 heteroatoms. The lowest BCUT2D eigenvalue weighted by Gasteiger charge is -2.20. The van der Waals surface area contributed by atoms with E-state index in [1.165, 1.54) is 5.56 Å². The van der Waals surface area contributed by atoms with Gasteiger partial charge in [0.05, 0.1) is 17.8 Å². The number of benzene rings is 1. The highest BCUT2D eigenvalue weighted by atomic mass is 35.5. The minimum absolute atomic E-state index is 0.0239. The Morgan fingerprint density at radius 3 is 2.56 bits per heavy atom. The molecule has 0 spiro atoms. The number of hydrogen-bond acceptors (Lipinski definition) is 3. The van der Waals surface area contributed by atoms with Crippen molar-refractivity contribution in [2.24, 2.45) is 0 Å². The van der Waals surface area contributed by atoms with Crippen LogP contribution < -0.4 is 0 Å². The summed E-state index contributed by atoms with van der Waals surface area (Å²) in [5.41, 5.74) is 3.22. The molecular weight excluding hydrogens is 364 g/mol. The van der Waals surface area contributed by atoms with Gasteiger partial charge in [-0.3, -0.25) is 9.59 Å². The molecule has 1 saturated heterocycles. The molecule has 27 heavy (non-hydrogen) atoms.